The molecule has 2 aromatic rings. The fourth-order valence-corrected chi connectivity index (χ4v) is 3.00. The number of aldehydes is 1. The Hall–Kier alpha value is -1.55. The summed E-state index contributed by atoms with van der Waals surface area (Å²) in [4.78, 5) is 15.3. The van der Waals surface area contributed by atoms with Gasteiger partial charge in [0, 0.05) is 31.9 Å². The molecular formula is C20H24Cl2N2O. The molecule has 0 amide bonds. The van der Waals surface area contributed by atoms with Gasteiger partial charge in [0.1, 0.15) is 6.29 Å². The first-order valence-electron chi connectivity index (χ1n) is 8.39. The maximum absolute atomic E-state index is 11.0. The van der Waals surface area contributed by atoms with Crippen molar-refractivity contribution in [1.82, 2.24) is 4.90 Å². The number of rotatable bonds is 9. The highest BCUT2D eigenvalue weighted by Crippen LogP contribution is 2.27. The predicted octanol–water partition coefficient (Wildman–Crippen LogP) is 4.91. The van der Waals surface area contributed by atoms with Crippen LogP contribution < -0.4 is 4.90 Å². The van der Waals surface area contributed by atoms with Crippen LogP contribution in [-0.2, 0) is 11.3 Å². The van der Waals surface area contributed by atoms with Crippen LogP contribution in [0.25, 0.3) is 0 Å². The molecule has 5 heteroatoms. The first kappa shape index (κ1) is 19.8. The van der Waals surface area contributed by atoms with Crippen LogP contribution in [0.2, 0.25) is 10.0 Å². The Morgan fingerprint density at radius 2 is 1.80 bits per heavy atom. The lowest BCUT2D eigenvalue weighted by atomic mass is 10.1. The van der Waals surface area contributed by atoms with Gasteiger partial charge in [-0.1, -0.05) is 53.5 Å². The van der Waals surface area contributed by atoms with Gasteiger partial charge in [0.2, 0.25) is 0 Å². The maximum atomic E-state index is 11.0. The minimum Gasteiger partial charge on any atom is -0.372 e. The molecule has 0 aliphatic rings. The van der Waals surface area contributed by atoms with Crippen LogP contribution in [0.4, 0.5) is 5.69 Å². The summed E-state index contributed by atoms with van der Waals surface area (Å²) in [7, 11) is 2.05. The van der Waals surface area contributed by atoms with Gasteiger partial charge in [0.25, 0.3) is 0 Å². The third-order valence-corrected chi connectivity index (χ3v) is 5.16. The van der Waals surface area contributed by atoms with Crippen molar-refractivity contribution in [3.8, 4) is 0 Å². The number of halogens is 2. The van der Waals surface area contributed by atoms with E-state index in [1.165, 1.54) is 5.56 Å². The topological polar surface area (TPSA) is 23.6 Å². The van der Waals surface area contributed by atoms with E-state index in [0.29, 0.717) is 22.6 Å². The fraction of sp³-hybridized carbons (Fsp3) is 0.350. The first-order chi connectivity index (χ1) is 12.0. The van der Waals surface area contributed by atoms with Gasteiger partial charge in [-0.15, -0.1) is 0 Å². The Balaban J connectivity index is 1.94. The highest BCUT2D eigenvalue weighted by Gasteiger charge is 2.14. The molecule has 3 nitrogen and oxygen atoms in total. The number of hydrogen-bond donors (Lipinski definition) is 0. The summed E-state index contributed by atoms with van der Waals surface area (Å²) in [6, 6.07) is 16.2. The van der Waals surface area contributed by atoms with Gasteiger partial charge in [0.15, 0.2) is 0 Å². The summed E-state index contributed by atoms with van der Waals surface area (Å²) in [5, 5.41) is 1.12. The van der Waals surface area contributed by atoms with E-state index >= 15 is 0 Å². The quantitative estimate of drug-likeness (QED) is 0.579. The van der Waals surface area contributed by atoms with Crippen molar-refractivity contribution in [2.45, 2.75) is 25.9 Å². The molecule has 0 aromatic heterocycles. The van der Waals surface area contributed by atoms with Gasteiger partial charge >= 0.3 is 0 Å². The highest BCUT2D eigenvalue weighted by molar-refractivity contribution is 6.42. The smallest absolute Gasteiger partial charge is 0.133 e. The summed E-state index contributed by atoms with van der Waals surface area (Å²) in [5.74, 6) is 0. The fourth-order valence-electron chi connectivity index (χ4n) is 2.70. The SMILES string of the molecule is CC(CCN(CC=O)Cc1ccccc1)N(C)c1ccc(Cl)c(Cl)c1. The molecule has 1 unspecified atom stereocenters. The second kappa shape index (κ2) is 9.81. The summed E-state index contributed by atoms with van der Waals surface area (Å²) in [6.07, 6.45) is 1.91. The first-order valence-corrected chi connectivity index (χ1v) is 9.14. The predicted molar refractivity (Wildman–Crippen MR) is 107 cm³/mol. The van der Waals surface area contributed by atoms with Crippen LogP contribution in [0.5, 0.6) is 0 Å². The normalized spacial score (nSPS) is 12.2. The lowest BCUT2D eigenvalue weighted by Gasteiger charge is -2.29. The summed E-state index contributed by atoms with van der Waals surface area (Å²) in [6.45, 7) is 4.24. The van der Waals surface area contributed by atoms with Gasteiger partial charge in [-0.25, -0.2) is 0 Å². The lowest BCUT2D eigenvalue weighted by molar-refractivity contribution is -0.109. The molecule has 0 fully saturated rings. The average Bonchev–Trinajstić information content (AvgIpc) is 2.62. The molecule has 0 heterocycles. The number of carbonyl (C=O) groups excluding carboxylic acids is 1. The Morgan fingerprint density at radius 3 is 2.44 bits per heavy atom. The zero-order valence-corrected chi connectivity index (χ0v) is 16.2. The summed E-state index contributed by atoms with van der Waals surface area (Å²) < 4.78 is 0. The van der Waals surface area contributed by atoms with Gasteiger partial charge in [-0.2, -0.15) is 0 Å². The van der Waals surface area contributed by atoms with Crippen molar-refractivity contribution in [3.05, 3.63) is 64.1 Å². The van der Waals surface area contributed by atoms with E-state index in [1.807, 2.05) is 43.4 Å². The third-order valence-electron chi connectivity index (χ3n) is 4.42. The molecule has 0 saturated heterocycles. The van der Waals surface area contributed by atoms with Crippen molar-refractivity contribution < 1.29 is 4.79 Å². The minimum atomic E-state index is 0.308. The molecule has 0 aliphatic carbocycles. The average molecular weight is 379 g/mol. The molecule has 2 aromatic carbocycles. The highest BCUT2D eigenvalue weighted by atomic mass is 35.5. The zero-order valence-electron chi connectivity index (χ0n) is 14.7. The van der Waals surface area contributed by atoms with Crippen LogP contribution in [0, 0.1) is 0 Å². The molecular weight excluding hydrogens is 355 g/mol. The molecule has 0 spiro atoms. The van der Waals surface area contributed by atoms with Crippen molar-refractivity contribution >= 4 is 35.2 Å². The Labute approximate surface area is 160 Å². The molecule has 25 heavy (non-hydrogen) atoms. The van der Waals surface area contributed by atoms with Crippen LogP contribution in [0.15, 0.2) is 48.5 Å². The Kier molecular flexibility index (Phi) is 7.76. The molecule has 134 valence electrons. The summed E-state index contributed by atoms with van der Waals surface area (Å²) in [5.41, 5.74) is 2.25. The Bertz CT molecular complexity index is 679. The monoisotopic (exact) mass is 378 g/mol. The van der Waals surface area contributed by atoms with Gasteiger partial charge < -0.3 is 9.69 Å². The van der Waals surface area contributed by atoms with Crippen LogP contribution >= 0.6 is 23.2 Å². The third kappa shape index (κ3) is 6.03. The minimum absolute atomic E-state index is 0.308. The number of hydrogen-bond acceptors (Lipinski definition) is 3. The van der Waals surface area contributed by atoms with Crippen LogP contribution in [0.3, 0.4) is 0 Å². The van der Waals surface area contributed by atoms with Crippen LogP contribution in [-0.4, -0.2) is 37.4 Å². The van der Waals surface area contributed by atoms with Crippen molar-refractivity contribution in [3.63, 3.8) is 0 Å². The molecule has 0 bridgehead atoms. The molecule has 0 saturated carbocycles. The largest absolute Gasteiger partial charge is 0.372 e. The van der Waals surface area contributed by atoms with E-state index in [2.05, 4.69) is 28.9 Å². The molecule has 0 aliphatic heterocycles. The van der Waals surface area contributed by atoms with Crippen molar-refractivity contribution in [1.29, 1.82) is 0 Å². The number of carbonyl (C=O) groups is 1. The van der Waals surface area contributed by atoms with Gasteiger partial charge in [0.05, 0.1) is 16.6 Å². The van der Waals surface area contributed by atoms with E-state index in [1.54, 1.807) is 0 Å². The molecule has 0 radical (unpaired) electrons. The standard InChI is InChI=1S/C20H24Cl2N2O/c1-16(23(2)18-8-9-19(21)20(22)14-18)10-11-24(12-13-25)15-17-6-4-3-5-7-17/h3-9,13-14,16H,10-12,15H2,1-2H3. The number of nitrogens with zero attached hydrogens (tertiary/aromatic N) is 2. The van der Waals surface area contributed by atoms with Crippen molar-refractivity contribution in [2.75, 3.05) is 25.0 Å². The van der Waals surface area contributed by atoms with E-state index in [4.69, 9.17) is 23.2 Å². The number of anilines is 1. The van der Waals surface area contributed by atoms with Crippen LogP contribution in [0.1, 0.15) is 18.9 Å². The molecule has 0 N–H and O–H groups in total. The van der Waals surface area contributed by atoms with E-state index in [9.17, 15) is 4.79 Å². The maximum Gasteiger partial charge on any atom is 0.133 e. The molecule has 1 atom stereocenters. The lowest BCUT2D eigenvalue weighted by Crippen LogP contribution is -2.34. The molecule has 2 rings (SSSR count). The van der Waals surface area contributed by atoms with Crippen molar-refractivity contribution in [2.24, 2.45) is 0 Å². The zero-order chi connectivity index (χ0) is 18.2. The van der Waals surface area contributed by atoms with E-state index in [-0.39, 0.29) is 0 Å². The van der Waals surface area contributed by atoms with Gasteiger partial charge in [-0.3, -0.25) is 4.90 Å². The second-order valence-corrected chi connectivity index (χ2v) is 7.05. The summed E-state index contributed by atoms with van der Waals surface area (Å²) >= 11 is 12.1. The van der Waals surface area contributed by atoms with E-state index in [0.717, 1.165) is 31.5 Å². The number of benzene rings is 2. The van der Waals surface area contributed by atoms with E-state index < -0.39 is 0 Å². The Morgan fingerprint density at radius 1 is 1.08 bits per heavy atom. The van der Waals surface area contributed by atoms with Gasteiger partial charge in [-0.05, 0) is 37.1 Å². The second-order valence-electron chi connectivity index (χ2n) is 6.23.